The molecule has 0 aromatic heterocycles. The van der Waals surface area contributed by atoms with Gasteiger partial charge in [0.05, 0.1) is 13.2 Å². The SMILES string of the molecule is CNCC(=O)N1CC(COC)C2(CCNCC2)C1. The second kappa shape index (κ2) is 5.99. The number of methoxy groups -OCH3 is 1. The fourth-order valence-corrected chi connectivity index (χ4v) is 3.41. The molecule has 1 atom stereocenters. The maximum Gasteiger partial charge on any atom is 0.236 e. The van der Waals surface area contributed by atoms with Gasteiger partial charge in [-0.2, -0.15) is 0 Å². The van der Waals surface area contributed by atoms with E-state index in [0.717, 1.165) is 45.6 Å². The molecule has 2 heterocycles. The molecule has 2 aliphatic heterocycles. The molecule has 0 aromatic carbocycles. The van der Waals surface area contributed by atoms with E-state index < -0.39 is 0 Å². The summed E-state index contributed by atoms with van der Waals surface area (Å²) in [6.45, 7) is 5.09. The lowest BCUT2D eigenvalue weighted by atomic mass is 9.71. The number of ether oxygens (including phenoxy) is 1. The first-order valence-electron chi connectivity index (χ1n) is 6.84. The highest BCUT2D eigenvalue weighted by Crippen LogP contribution is 2.43. The Balaban J connectivity index is 2.05. The molecule has 2 fully saturated rings. The lowest BCUT2D eigenvalue weighted by molar-refractivity contribution is -0.129. The van der Waals surface area contributed by atoms with Gasteiger partial charge < -0.3 is 20.3 Å². The van der Waals surface area contributed by atoms with E-state index >= 15 is 0 Å². The molecule has 0 aliphatic carbocycles. The number of amides is 1. The van der Waals surface area contributed by atoms with Crippen molar-refractivity contribution in [1.82, 2.24) is 15.5 Å². The first kappa shape index (κ1) is 13.8. The van der Waals surface area contributed by atoms with E-state index in [9.17, 15) is 4.79 Å². The summed E-state index contributed by atoms with van der Waals surface area (Å²) in [6, 6.07) is 0. The number of piperidine rings is 1. The molecule has 104 valence electrons. The first-order chi connectivity index (χ1) is 8.72. The summed E-state index contributed by atoms with van der Waals surface area (Å²) in [5.41, 5.74) is 0.282. The van der Waals surface area contributed by atoms with Crippen LogP contribution in [0.25, 0.3) is 0 Å². The van der Waals surface area contributed by atoms with E-state index in [-0.39, 0.29) is 11.3 Å². The fourth-order valence-electron chi connectivity index (χ4n) is 3.41. The first-order valence-corrected chi connectivity index (χ1v) is 6.84. The van der Waals surface area contributed by atoms with Crippen LogP contribution in [-0.4, -0.2) is 64.3 Å². The molecule has 0 aromatic rings. The number of rotatable bonds is 4. The molecule has 0 radical (unpaired) electrons. The normalized spacial score (nSPS) is 26.8. The summed E-state index contributed by atoms with van der Waals surface area (Å²) in [6.07, 6.45) is 2.31. The Bertz CT molecular complexity index is 290. The van der Waals surface area contributed by atoms with Crippen LogP contribution in [0, 0.1) is 11.3 Å². The Morgan fingerprint density at radius 3 is 2.83 bits per heavy atom. The van der Waals surface area contributed by atoms with Crippen molar-refractivity contribution in [2.75, 3.05) is 53.5 Å². The van der Waals surface area contributed by atoms with Crippen LogP contribution in [0.4, 0.5) is 0 Å². The average molecular weight is 255 g/mol. The number of likely N-dealkylation sites (N-methyl/N-ethyl adjacent to an activating group) is 1. The maximum absolute atomic E-state index is 12.0. The predicted molar refractivity (Wildman–Crippen MR) is 70.4 cm³/mol. The third kappa shape index (κ3) is 2.68. The van der Waals surface area contributed by atoms with E-state index in [0.29, 0.717) is 12.5 Å². The van der Waals surface area contributed by atoms with Crippen molar-refractivity contribution in [1.29, 1.82) is 0 Å². The van der Waals surface area contributed by atoms with Crippen LogP contribution in [0.5, 0.6) is 0 Å². The van der Waals surface area contributed by atoms with Gasteiger partial charge >= 0.3 is 0 Å². The lowest BCUT2D eigenvalue weighted by Gasteiger charge is -2.38. The van der Waals surface area contributed by atoms with Crippen LogP contribution in [0.2, 0.25) is 0 Å². The molecule has 1 spiro atoms. The number of hydrogen-bond donors (Lipinski definition) is 2. The predicted octanol–water partition coefficient (Wildman–Crippen LogP) is -0.320. The molecule has 5 heteroatoms. The Labute approximate surface area is 109 Å². The number of carbonyl (C=O) groups is 1. The molecule has 18 heavy (non-hydrogen) atoms. The van der Waals surface area contributed by atoms with Crippen LogP contribution < -0.4 is 10.6 Å². The maximum atomic E-state index is 12.0. The van der Waals surface area contributed by atoms with Gasteiger partial charge in [0.1, 0.15) is 0 Å². The smallest absolute Gasteiger partial charge is 0.236 e. The van der Waals surface area contributed by atoms with Crippen LogP contribution in [0.1, 0.15) is 12.8 Å². The van der Waals surface area contributed by atoms with Crippen molar-refractivity contribution in [3.05, 3.63) is 0 Å². The minimum absolute atomic E-state index is 0.217. The minimum Gasteiger partial charge on any atom is -0.384 e. The van der Waals surface area contributed by atoms with Crippen LogP contribution in [0.3, 0.4) is 0 Å². The Kier molecular flexibility index (Phi) is 4.59. The zero-order valence-electron chi connectivity index (χ0n) is 11.5. The molecular weight excluding hydrogens is 230 g/mol. The highest BCUT2D eigenvalue weighted by Gasteiger charge is 2.47. The van der Waals surface area contributed by atoms with Gasteiger partial charge in [-0.1, -0.05) is 0 Å². The van der Waals surface area contributed by atoms with E-state index in [4.69, 9.17) is 4.74 Å². The molecule has 2 N–H and O–H groups in total. The highest BCUT2D eigenvalue weighted by molar-refractivity contribution is 5.78. The average Bonchev–Trinajstić information content (AvgIpc) is 2.70. The minimum atomic E-state index is 0.217. The van der Waals surface area contributed by atoms with E-state index in [1.807, 2.05) is 11.9 Å². The fraction of sp³-hybridized carbons (Fsp3) is 0.923. The summed E-state index contributed by atoms with van der Waals surface area (Å²) in [5.74, 6) is 0.708. The summed E-state index contributed by atoms with van der Waals surface area (Å²) in [4.78, 5) is 14.0. The van der Waals surface area contributed by atoms with Crippen molar-refractivity contribution in [2.24, 2.45) is 11.3 Å². The quantitative estimate of drug-likeness (QED) is 0.723. The topological polar surface area (TPSA) is 53.6 Å². The number of nitrogens with zero attached hydrogens (tertiary/aromatic N) is 1. The Hall–Kier alpha value is -0.650. The van der Waals surface area contributed by atoms with Crippen molar-refractivity contribution < 1.29 is 9.53 Å². The van der Waals surface area contributed by atoms with Gasteiger partial charge in [-0.15, -0.1) is 0 Å². The molecule has 2 rings (SSSR count). The van der Waals surface area contributed by atoms with Crippen LogP contribution >= 0.6 is 0 Å². The van der Waals surface area contributed by atoms with Gasteiger partial charge in [-0.05, 0) is 38.4 Å². The highest BCUT2D eigenvalue weighted by atomic mass is 16.5. The van der Waals surface area contributed by atoms with Crippen LogP contribution in [-0.2, 0) is 9.53 Å². The lowest BCUT2D eigenvalue weighted by Crippen LogP contribution is -2.43. The van der Waals surface area contributed by atoms with Gasteiger partial charge in [0.15, 0.2) is 0 Å². The monoisotopic (exact) mass is 255 g/mol. The number of likely N-dealkylation sites (tertiary alicyclic amines) is 1. The zero-order chi connectivity index (χ0) is 13.0. The number of hydrogen-bond acceptors (Lipinski definition) is 4. The van der Waals surface area contributed by atoms with Gasteiger partial charge in [-0.3, -0.25) is 4.79 Å². The second-order valence-electron chi connectivity index (χ2n) is 5.57. The molecule has 0 saturated carbocycles. The second-order valence-corrected chi connectivity index (χ2v) is 5.57. The largest absolute Gasteiger partial charge is 0.384 e. The molecule has 2 aliphatic rings. The molecule has 5 nitrogen and oxygen atoms in total. The standard InChI is InChI=1S/C13H25N3O2/c1-14-7-12(17)16-8-11(9-18-2)13(10-16)3-5-15-6-4-13/h11,14-15H,3-10H2,1-2H3. The third-order valence-electron chi connectivity index (χ3n) is 4.46. The summed E-state index contributed by atoms with van der Waals surface area (Å²) in [7, 11) is 3.58. The van der Waals surface area contributed by atoms with Crippen molar-refractivity contribution in [2.45, 2.75) is 12.8 Å². The van der Waals surface area contributed by atoms with Crippen molar-refractivity contribution >= 4 is 5.91 Å². The number of carbonyl (C=O) groups excluding carboxylic acids is 1. The molecule has 0 bridgehead atoms. The van der Waals surface area contributed by atoms with Gasteiger partial charge in [-0.25, -0.2) is 0 Å². The Morgan fingerprint density at radius 1 is 1.50 bits per heavy atom. The van der Waals surface area contributed by atoms with E-state index in [1.54, 1.807) is 7.11 Å². The van der Waals surface area contributed by atoms with Gasteiger partial charge in [0, 0.05) is 26.1 Å². The van der Waals surface area contributed by atoms with Gasteiger partial charge in [0.25, 0.3) is 0 Å². The van der Waals surface area contributed by atoms with E-state index in [2.05, 4.69) is 10.6 Å². The molecule has 2 saturated heterocycles. The summed E-state index contributed by atoms with van der Waals surface area (Å²) >= 11 is 0. The molecule has 1 unspecified atom stereocenters. The third-order valence-corrected chi connectivity index (χ3v) is 4.46. The summed E-state index contributed by atoms with van der Waals surface area (Å²) < 4.78 is 5.37. The van der Waals surface area contributed by atoms with Crippen molar-refractivity contribution in [3.8, 4) is 0 Å². The number of nitrogens with one attached hydrogen (secondary N) is 2. The zero-order valence-corrected chi connectivity index (χ0v) is 11.5. The summed E-state index contributed by atoms with van der Waals surface area (Å²) in [5, 5.41) is 6.36. The van der Waals surface area contributed by atoms with E-state index in [1.165, 1.54) is 0 Å². The van der Waals surface area contributed by atoms with Gasteiger partial charge in [0.2, 0.25) is 5.91 Å². The molecular formula is C13H25N3O2. The molecule has 1 amide bonds. The Morgan fingerprint density at radius 2 is 2.22 bits per heavy atom. The van der Waals surface area contributed by atoms with Crippen molar-refractivity contribution in [3.63, 3.8) is 0 Å². The van der Waals surface area contributed by atoms with Crippen LogP contribution in [0.15, 0.2) is 0 Å².